The van der Waals surface area contributed by atoms with Gasteiger partial charge in [-0.25, -0.2) is 0 Å². The van der Waals surface area contributed by atoms with Crippen molar-refractivity contribution in [1.82, 2.24) is 0 Å². The van der Waals surface area contributed by atoms with E-state index in [1.807, 2.05) is 0 Å². The van der Waals surface area contributed by atoms with E-state index in [0.717, 1.165) is 0 Å². The molecule has 2 aromatic carbocycles. The number of rotatable bonds is 7. The molecular formula is C22H33P4. The van der Waals surface area contributed by atoms with Gasteiger partial charge in [-0.3, -0.25) is 0 Å². The lowest BCUT2D eigenvalue weighted by Crippen LogP contribution is -2.23. The minimum Gasteiger partial charge on any atom is -0.0816 e. The van der Waals surface area contributed by atoms with Crippen LogP contribution in [0.3, 0.4) is 0 Å². The van der Waals surface area contributed by atoms with E-state index >= 15 is 0 Å². The van der Waals surface area contributed by atoms with Crippen LogP contribution in [0.15, 0.2) is 30.3 Å². The maximum atomic E-state index is 3.55. The predicted octanol–water partition coefficient (Wildman–Crippen LogP) is 5.40. The highest BCUT2D eigenvalue weighted by Gasteiger charge is 2.19. The van der Waals surface area contributed by atoms with Gasteiger partial charge in [-0.15, -0.1) is 0 Å². The van der Waals surface area contributed by atoms with Gasteiger partial charge in [0.25, 0.3) is 0 Å². The molecule has 0 bridgehead atoms. The Morgan fingerprint density at radius 1 is 0.769 bits per heavy atom. The van der Waals surface area contributed by atoms with E-state index in [0.29, 0.717) is 0 Å². The van der Waals surface area contributed by atoms with Crippen LogP contribution in [0.2, 0.25) is 0 Å². The quantitative estimate of drug-likeness (QED) is 0.525. The maximum Gasteiger partial charge on any atom is -0.00297 e. The first-order valence-corrected chi connectivity index (χ1v) is 17.7. The van der Waals surface area contributed by atoms with Crippen molar-refractivity contribution in [2.75, 3.05) is 52.3 Å². The molecule has 0 saturated carbocycles. The van der Waals surface area contributed by atoms with Gasteiger partial charge in [-0.1, -0.05) is 57.7 Å². The summed E-state index contributed by atoms with van der Waals surface area (Å²) < 4.78 is 0. The van der Waals surface area contributed by atoms with Crippen LogP contribution in [-0.2, 0) is 0 Å². The molecule has 0 unspecified atom stereocenters. The Balaban J connectivity index is 2.73. The summed E-state index contributed by atoms with van der Waals surface area (Å²) in [5.74, 6) is 0. The van der Waals surface area contributed by atoms with Gasteiger partial charge in [0.05, 0.1) is 0 Å². The largest absolute Gasteiger partial charge is 0.0816 e. The van der Waals surface area contributed by atoms with Crippen LogP contribution < -0.4 is 21.2 Å². The molecule has 4 heteroatoms. The summed E-state index contributed by atoms with van der Waals surface area (Å²) in [5.41, 5.74) is 2.96. The fourth-order valence-corrected chi connectivity index (χ4v) is 8.17. The zero-order valence-electron chi connectivity index (χ0n) is 17.6. The van der Waals surface area contributed by atoms with Gasteiger partial charge >= 0.3 is 0 Å². The molecule has 0 N–H and O–H groups in total. The van der Waals surface area contributed by atoms with E-state index in [-0.39, 0.29) is 31.7 Å². The Bertz CT molecular complexity index is 702. The van der Waals surface area contributed by atoms with Crippen LogP contribution in [0, 0.1) is 6.07 Å². The Morgan fingerprint density at radius 2 is 1.31 bits per heavy atom. The summed E-state index contributed by atoms with van der Waals surface area (Å²) in [4.78, 5) is 0. The van der Waals surface area contributed by atoms with E-state index in [1.54, 1.807) is 15.9 Å². The Kier molecular flexibility index (Phi) is 8.71. The van der Waals surface area contributed by atoms with Crippen molar-refractivity contribution in [3.05, 3.63) is 36.4 Å². The summed E-state index contributed by atoms with van der Waals surface area (Å²) in [5, 5.41) is 6.20. The van der Waals surface area contributed by atoms with Crippen LogP contribution in [0.5, 0.6) is 0 Å². The molecule has 0 aliphatic heterocycles. The van der Waals surface area contributed by atoms with Gasteiger partial charge in [0.15, 0.2) is 0 Å². The van der Waals surface area contributed by atoms with Crippen molar-refractivity contribution in [3.8, 4) is 11.1 Å². The van der Waals surface area contributed by atoms with Crippen molar-refractivity contribution in [3.63, 3.8) is 0 Å². The van der Waals surface area contributed by atoms with Crippen molar-refractivity contribution in [2.24, 2.45) is 0 Å². The predicted molar refractivity (Wildman–Crippen MR) is 134 cm³/mol. The molecular weight excluding hydrogens is 388 g/mol. The fraction of sp³-hybridized carbons (Fsp3) is 0.455. The number of benzene rings is 2. The zero-order chi connectivity index (χ0) is 19.4. The average Bonchev–Trinajstić information content (AvgIpc) is 2.61. The second-order valence-electron chi connectivity index (χ2n) is 7.18. The molecule has 0 atom stereocenters. The van der Waals surface area contributed by atoms with Gasteiger partial charge < -0.3 is 0 Å². The lowest BCUT2D eigenvalue weighted by atomic mass is 10.1. The minimum atomic E-state index is -0.138. The summed E-state index contributed by atoms with van der Waals surface area (Å²) in [7, 11) is -0.406. The highest BCUT2D eigenvalue weighted by molar-refractivity contribution is 7.67. The summed E-state index contributed by atoms with van der Waals surface area (Å²) in [6.07, 6.45) is 2.51. The fourth-order valence-electron chi connectivity index (χ4n) is 3.21. The van der Waals surface area contributed by atoms with Crippen molar-refractivity contribution < 1.29 is 0 Å². The van der Waals surface area contributed by atoms with Crippen LogP contribution in [0.25, 0.3) is 11.1 Å². The first-order chi connectivity index (χ1) is 12.3. The van der Waals surface area contributed by atoms with Crippen LogP contribution in [0.4, 0.5) is 0 Å². The third-order valence-electron chi connectivity index (χ3n) is 4.74. The van der Waals surface area contributed by atoms with Gasteiger partial charge in [-0.05, 0) is 109 Å². The molecule has 0 aliphatic carbocycles. The minimum absolute atomic E-state index is 0.0629. The van der Waals surface area contributed by atoms with E-state index in [9.17, 15) is 0 Å². The number of hydrogen-bond acceptors (Lipinski definition) is 0. The topological polar surface area (TPSA) is 0 Å². The molecule has 26 heavy (non-hydrogen) atoms. The van der Waals surface area contributed by atoms with Crippen molar-refractivity contribution >= 4 is 52.9 Å². The smallest absolute Gasteiger partial charge is 0.00297 e. The molecule has 1 radical (unpaired) electrons. The second-order valence-corrected chi connectivity index (χ2v) is 16.9. The molecule has 2 aromatic rings. The highest BCUT2D eigenvalue weighted by Crippen LogP contribution is 2.39. The van der Waals surface area contributed by atoms with Gasteiger partial charge in [0.1, 0.15) is 0 Å². The molecule has 0 aromatic heterocycles. The Morgan fingerprint density at radius 3 is 1.73 bits per heavy atom. The molecule has 0 saturated heterocycles. The van der Waals surface area contributed by atoms with Crippen molar-refractivity contribution in [1.29, 1.82) is 0 Å². The molecule has 0 aliphatic rings. The molecule has 0 nitrogen and oxygen atoms in total. The number of hydrogen-bond donors (Lipinski definition) is 0. The second kappa shape index (κ2) is 10.1. The van der Waals surface area contributed by atoms with Gasteiger partial charge in [0.2, 0.25) is 0 Å². The summed E-state index contributed by atoms with van der Waals surface area (Å²) >= 11 is 0. The average molecular weight is 421 g/mol. The SMILES string of the molecule is CCP(CC)c1[c]ccc(-c2c(P(C)C)cc(P(C)C)cc2P(C)C)c1. The summed E-state index contributed by atoms with van der Waals surface area (Å²) in [6.45, 7) is 19.0. The van der Waals surface area contributed by atoms with Crippen LogP contribution >= 0.6 is 31.7 Å². The van der Waals surface area contributed by atoms with E-state index < -0.39 is 0 Å². The first-order valence-electron chi connectivity index (χ1n) is 9.27. The lowest BCUT2D eigenvalue weighted by Gasteiger charge is -2.24. The van der Waals surface area contributed by atoms with Gasteiger partial charge in [-0.2, -0.15) is 0 Å². The molecule has 141 valence electrons. The molecule has 0 amide bonds. The van der Waals surface area contributed by atoms with Crippen LogP contribution in [-0.4, -0.2) is 52.3 Å². The monoisotopic (exact) mass is 421 g/mol. The summed E-state index contributed by atoms with van der Waals surface area (Å²) in [6, 6.07) is 15.5. The normalized spacial score (nSPS) is 12.0. The van der Waals surface area contributed by atoms with Gasteiger partial charge in [0, 0.05) is 0 Å². The standard InChI is InChI=1S/C22H33P4/c1-9-26(10-2)18-13-11-12-17(14-18)22-20(24(5)6)15-19(23(3)4)16-21(22)25(7)8/h11-12,14-16H,9-10H2,1-8H3. The molecule has 2 rings (SSSR count). The third-order valence-corrected chi connectivity index (χ3v) is 11.1. The van der Waals surface area contributed by atoms with E-state index in [4.69, 9.17) is 0 Å². The maximum absolute atomic E-state index is 3.55. The van der Waals surface area contributed by atoms with E-state index in [1.165, 1.54) is 28.8 Å². The molecule has 0 heterocycles. The zero-order valence-corrected chi connectivity index (χ0v) is 21.2. The Hall–Kier alpha value is 0.160. The van der Waals surface area contributed by atoms with Crippen molar-refractivity contribution in [2.45, 2.75) is 13.8 Å². The lowest BCUT2D eigenvalue weighted by molar-refractivity contribution is 1.42. The van der Waals surface area contributed by atoms with E-state index in [2.05, 4.69) is 90.2 Å². The highest BCUT2D eigenvalue weighted by atomic mass is 31.1. The molecule has 0 spiro atoms. The third kappa shape index (κ3) is 5.15. The Labute approximate surface area is 166 Å². The first kappa shape index (κ1) is 22.4. The molecule has 0 fully saturated rings. The van der Waals surface area contributed by atoms with Crippen LogP contribution in [0.1, 0.15) is 13.8 Å².